The summed E-state index contributed by atoms with van der Waals surface area (Å²) in [6, 6.07) is 14.0. The Kier molecular flexibility index (Phi) is 6.28. The molecular formula is C23H23N3O3S. The highest BCUT2D eigenvalue weighted by Gasteiger charge is 2.14. The van der Waals surface area contributed by atoms with Crippen molar-refractivity contribution in [2.75, 3.05) is 0 Å². The molecule has 7 heteroatoms. The van der Waals surface area contributed by atoms with Crippen molar-refractivity contribution in [2.45, 2.75) is 49.6 Å². The van der Waals surface area contributed by atoms with Crippen LogP contribution in [0.5, 0.6) is 0 Å². The van der Waals surface area contributed by atoms with Crippen LogP contribution >= 0.6 is 11.8 Å². The largest absolute Gasteiger partial charge is 0.287 e. The highest BCUT2D eigenvalue weighted by atomic mass is 32.2. The summed E-state index contributed by atoms with van der Waals surface area (Å²) in [6.45, 7) is 0.597. The van der Waals surface area contributed by atoms with E-state index in [4.69, 9.17) is 4.98 Å². The summed E-state index contributed by atoms with van der Waals surface area (Å²) >= 11 is 1.45. The fourth-order valence-electron chi connectivity index (χ4n) is 3.75. The van der Waals surface area contributed by atoms with Crippen molar-refractivity contribution in [1.82, 2.24) is 9.55 Å². The number of para-hydroxylation sites is 1. The minimum atomic E-state index is -0.393. The molecule has 0 spiro atoms. The van der Waals surface area contributed by atoms with Gasteiger partial charge in [-0.15, -0.1) is 0 Å². The third-order valence-corrected chi connectivity index (χ3v) is 6.41. The monoisotopic (exact) mass is 421 g/mol. The van der Waals surface area contributed by atoms with E-state index < -0.39 is 4.92 Å². The molecule has 0 aliphatic heterocycles. The average Bonchev–Trinajstić information content (AvgIpc) is 2.78. The van der Waals surface area contributed by atoms with Gasteiger partial charge in [-0.1, -0.05) is 47.7 Å². The standard InChI is InChI=1S/C23H23N3O3S/c27-22-20-11-4-5-12-21(20)24-23(25(22)14-13-17-7-2-1-3-8-17)30-16-18-9-6-10-19(15-18)26(28)29/h4-7,9-12,15H,1-3,8,13-14,16H2. The molecule has 1 aliphatic rings. The highest BCUT2D eigenvalue weighted by molar-refractivity contribution is 7.98. The number of thioether (sulfide) groups is 1. The second-order valence-corrected chi connectivity index (χ2v) is 8.38. The summed E-state index contributed by atoms with van der Waals surface area (Å²) < 4.78 is 1.76. The van der Waals surface area contributed by atoms with Crippen molar-refractivity contribution in [3.8, 4) is 0 Å². The Bertz CT molecular complexity index is 1170. The molecule has 0 N–H and O–H groups in total. The number of hydrogen-bond acceptors (Lipinski definition) is 5. The zero-order valence-corrected chi connectivity index (χ0v) is 17.4. The van der Waals surface area contributed by atoms with Crippen LogP contribution in [0.4, 0.5) is 5.69 Å². The van der Waals surface area contributed by atoms with Crippen LogP contribution in [0, 0.1) is 10.1 Å². The predicted octanol–water partition coefficient (Wildman–Crippen LogP) is 5.49. The van der Waals surface area contributed by atoms with Gasteiger partial charge in [0.2, 0.25) is 0 Å². The molecule has 1 aliphatic carbocycles. The number of non-ortho nitro benzene ring substituents is 1. The zero-order valence-electron chi connectivity index (χ0n) is 16.6. The lowest BCUT2D eigenvalue weighted by Gasteiger charge is -2.16. The van der Waals surface area contributed by atoms with Gasteiger partial charge < -0.3 is 0 Å². The molecule has 0 bridgehead atoms. The van der Waals surface area contributed by atoms with Crippen molar-refractivity contribution < 1.29 is 4.92 Å². The fourth-order valence-corrected chi connectivity index (χ4v) is 4.72. The molecule has 1 aromatic heterocycles. The summed E-state index contributed by atoms with van der Waals surface area (Å²) in [5.41, 5.74) is 2.96. The number of nitro benzene ring substituents is 1. The van der Waals surface area contributed by atoms with Gasteiger partial charge in [0.1, 0.15) is 0 Å². The van der Waals surface area contributed by atoms with Gasteiger partial charge in [-0.25, -0.2) is 4.98 Å². The van der Waals surface area contributed by atoms with E-state index >= 15 is 0 Å². The molecule has 0 saturated carbocycles. The van der Waals surface area contributed by atoms with Gasteiger partial charge >= 0.3 is 0 Å². The van der Waals surface area contributed by atoms with E-state index in [9.17, 15) is 14.9 Å². The smallest absolute Gasteiger partial charge is 0.269 e. The normalized spacial score (nSPS) is 13.9. The third kappa shape index (κ3) is 4.62. The lowest BCUT2D eigenvalue weighted by molar-refractivity contribution is -0.384. The Hall–Kier alpha value is -2.93. The number of nitro groups is 1. The number of hydrogen-bond donors (Lipinski definition) is 0. The molecular weight excluding hydrogens is 398 g/mol. The van der Waals surface area contributed by atoms with E-state index in [0.717, 1.165) is 24.8 Å². The quantitative estimate of drug-likeness (QED) is 0.166. The SMILES string of the molecule is O=c1c2ccccc2nc(SCc2cccc([N+](=O)[O-])c2)n1CCC1=CCCCC1. The molecule has 0 fully saturated rings. The summed E-state index contributed by atoms with van der Waals surface area (Å²) in [5.74, 6) is 0.509. The first-order chi connectivity index (χ1) is 14.6. The summed E-state index contributed by atoms with van der Waals surface area (Å²) in [6.07, 6.45) is 7.83. The molecule has 0 radical (unpaired) electrons. The van der Waals surface area contributed by atoms with Crippen LogP contribution in [0.1, 0.15) is 37.7 Å². The first kappa shape index (κ1) is 20.3. The summed E-state index contributed by atoms with van der Waals surface area (Å²) in [4.78, 5) is 28.6. The zero-order chi connectivity index (χ0) is 20.9. The van der Waals surface area contributed by atoms with Gasteiger partial charge in [0.15, 0.2) is 5.16 Å². The lowest BCUT2D eigenvalue weighted by Crippen LogP contribution is -2.24. The first-order valence-electron chi connectivity index (χ1n) is 10.2. The van der Waals surface area contributed by atoms with Crippen LogP contribution in [0.15, 0.2) is 70.1 Å². The van der Waals surface area contributed by atoms with Crippen molar-refractivity contribution in [3.63, 3.8) is 0 Å². The van der Waals surface area contributed by atoms with E-state index in [2.05, 4.69) is 6.08 Å². The number of benzene rings is 2. The maximum atomic E-state index is 13.2. The van der Waals surface area contributed by atoms with Gasteiger partial charge in [-0.2, -0.15) is 0 Å². The van der Waals surface area contributed by atoms with Crippen LogP contribution in [0.3, 0.4) is 0 Å². The van der Waals surface area contributed by atoms with E-state index in [-0.39, 0.29) is 11.2 Å². The van der Waals surface area contributed by atoms with E-state index in [1.54, 1.807) is 16.7 Å². The molecule has 4 rings (SSSR count). The number of aromatic nitrogens is 2. The molecule has 154 valence electrons. The molecule has 6 nitrogen and oxygen atoms in total. The Morgan fingerprint density at radius 1 is 1.13 bits per heavy atom. The van der Waals surface area contributed by atoms with Crippen LogP contribution in [0.25, 0.3) is 10.9 Å². The molecule has 2 aromatic carbocycles. The molecule has 0 amide bonds. The fraction of sp³-hybridized carbons (Fsp3) is 0.304. The van der Waals surface area contributed by atoms with Crippen molar-refractivity contribution >= 4 is 28.4 Å². The van der Waals surface area contributed by atoms with Gasteiger partial charge in [0, 0.05) is 24.4 Å². The Morgan fingerprint density at radius 3 is 2.80 bits per heavy atom. The maximum absolute atomic E-state index is 13.2. The summed E-state index contributed by atoms with van der Waals surface area (Å²) in [5, 5.41) is 12.3. The van der Waals surface area contributed by atoms with Gasteiger partial charge in [0.25, 0.3) is 11.2 Å². The lowest BCUT2D eigenvalue weighted by atomic mass is 9.97. The van der Waals surface area contributed by atoms with Crippen LogP contribution < -0.4 is 5.56 Å². The molecule has 0 atom stereocenters. The Balaban J connectivity index is 1.63. The number of fused-ring (bicyclic) bond motifs is 1. The minimum absolute atomic E-state index is 0.0291. The van der Waals surface area contributed by atoms with Crippen molar-refractivity contribution in [1.29, 1.82) is 0 Å². The van der Waals surface area contributed by atoms with E-state index in [1.807, 2.05) is 30.3 Å². The number of nitrogens with zero attached hydrogens (tertiary/aromatic N) is 3. The molecule has 3 aromatic rings. The Labute approximate surface area is 178 Å². The number of allylic oxidation sites excluding steroid dienone is 2. The van der Waals surface area contributed by atoms with Gasteiger partial charge in [0.05, 0.1) is 15.8 Å². The second kappa shape index (κ2) is 9.26. The molecule has 1 heterocycles. The predicted molar refractivity (Wildman–Crippen MR) is 120 cm³/mol. The van der Waals surface area contributed by atoms with Crippen LogP contribution in [-0.4, -0.2) is 14.5 Å². The minimum Gasteiger partial charge on any atom is -0.287 e. The van der Waals surface area contributed by atoms with Gasteiger partial charge in [-0.05, 0) is 49.8 Å². The molecule has 0 unspecified atom stereocenters. The van der Waals surface area contributed by atoms with E-state index in [0.29, 0.717) is 28.4 Å². The third-order valence-electron chi connectivity index (χ3n) is 5.36. The van der Waals surface area contributed by atoms with E-state index in [1.165, 1.54) is 36.2 Å². The van der Waals surface area contributed by atoms with Crippen LogP contribution in [-0.2, 0) is 12.3 Å². The highest BCUT2D eigenvalue weighted by Crippen LogP contribution is 2.26. The second-order valence-electron chi connectivity index (χ2n) is 7.44. The van der Waals surface area contributed by atoms with Crippen LogP contribution in [0.2, 0.25) is 0 Å². The first-order valence-corrected chi connectivity index (χ1v) is 11.1. The van der Waals surface area contributed by atoms with Gasteiger partial charge in [-0.3, -0.25) is 19.5 Å². The summed E-state index contributed by atoms with van der Waals surface area (Å²) in [7, 11) is 0. The van der Waals surface area contributed by atoms with Crippen molar-refractivity contribution in [2.24, 2.45) is 0 Å². The average molecular weight is 422 g/mol. The van der Waals surface area contributed by atoms with Crippen molar-refractivity contribution in [3.05, 3.63) is 86.2 Å². The molecule has 30 heavy (non-hydrogen) atoms. The number of rotatable bonds is 7. The maximum Gasteiger partial charge on any atom is 0.269 e. The Morgan fingerprint density at radius 2 is 2.00 bits per heavy atom. The topological polar surface area (TPSA) is 78.0 Å². The molecule has 0 saturated heterocycles.